The molecular formula is C16H21BrN2S. The van der Waals surface area contributed by atoms with E-state index in [0.29, 0.717) is 6.04 Å². The maximum absolute atomic E-state index is 4.78. The summed E-state index contributed by atoms with van der Waals surface area (Å²) in [6.45, 7) is 6.61. The molecule has 4 heteroatoms. The number of hydrogen-bond acceptors (Lipinski definition) is 3. The van der Waals surface area contributed by atoms with Crippen LogP contribution in [0.4, 0.5) is 0 Å². The Labute approximate surface area is 133 Å². The summed E-state index contributed by atoms with van der Waals surface area (Å²) in [5, 5.41) is 6.76. The minimum absolute atomic E-state index is 0.126. The van der Waals surface area contributed by atoms with Crippen molar-refractivity contribution < 1.29 is 0 Å². The minimum Gasteiger partial charge on any atom is -0.313 e. The van der Waals surface area contributed by atoms with Gasteiger partial charge in [0, 0.05) is 27.7 Å². The van der Waals surface area contributed by atoms with Crippen LogP contribution in [-0.2, 0) is 11.8 Å². The standard InChI is InChI=1S/C16H21BrN2S/c1-16(2,3)14-10-20-15(19-14)9-13(18-4)11-5-7-12(17)8-6-11/h5-8,10,13,18H,9H2,1-4H3. The van der Waals surface area contributed by atoms with Gasteiger partial charge in [-0.15, -0.1) is 11.3 Å². The predicted molar refractivity (Wildman–Crippen MR) is 90.5 cm³/mol. The molecule has 20 heavy (non-hydrogen) atoms. The van der Waals surface area contributed by atoms with Crippen molar-refractivity contribution in [1.29, 1.82) is 0 Å². The molecule has 0 fully saturated rings. The first-order valence-electron chi connectivity index (χ1n) is 6.78. The summed E-state index contributed by atoms with van der Waals surface area (Å²) < 4.78 is 1.11. The van der Waals surface area contributed by atoms with Crippen LogP contribution in [0.2, 0.25) is 0 Å². The first-order valence-corrected chi connectivity index (χ1v) is 8.45. The smallest absolute Gasteiger partial charge is 0.0947 e. The number of nitrogens with one attached hydrogen (secondary N) is 1. The maximum Gasteiger partial charge on any atom is 0.0947 e. The van der Waals surface area contributed by atoms with Gasteiger partial charge < -0.3 is 5.32 Å². The van der Waals surface area contributed by atoms with E-state index >= 15 is 0 Å². The molecule has 0 aliphatic rings. The van der Waals surface area contributed by atoms with Crippen molar-refractivity contribution in [2.45, 2.75) is 38.6 Å². The molecule has 0 aliphatic carbocycles. The lowest BCUT2D eigenvalue weighted by Crippen LogP contribution is -2.19. The molecule has 0 radical (unpaired) electrons. The largest absolute Gasteiger partial charge is 0.313 e. The number of benzene rings is 1. The van der Waals surface area contributed by atoms with E-state index in [0.717, 1.165) is 10.9 Å². The first-order chi connectivity index (χ1) is 9.40. The van der Waals surface area contributed by atoms with Crippen molar-refractivity contribution in [1.82, 2.24) is 10.3 Å². The van der Waals surface area contributed by atoms with Gasteiger partial charge in [0.05, 0.1) is 10.7 Å². The lowest BCUT2D eigenvalue weighted by atomic mass is 9.93. The van der Waals surface area contributed by atoms with Gasteiger partial charge in [-0.2, -0.15) is 0 Å². The third kappa shape index (κ3) is 3.90. The summed E-state index contributed by atoms with van der Waals surface area (Å²) in [4.78, 5) is 4.78. The van der Waals surface area contributed by atoms with Gasteiger partial charge in [-0.05, 0) is 24.7 Å². The van der Waals surface area contributed by atoms with E-state index in [1.54, 1.807) is 11.3 Å². The van der Waals surface area contributed by atoms with Crippen LogP contribution in [0, 0.1) is 0 Å². The van der Waals surface area contributed by atoms with Crippen LogP contribution in [0.15, 0.2) is 34.1 Å². The van der Waals surface area contributed by atoms with Crippen LogP contribution in [0.1, 0.15) is 43.1 Å². The number of halogens is 1. The number of likely N-dealkylation sites (N-methyl/N-ethyl adjacent to an activating group) is 1. The zero-order valence-electron chi connectivity index (χ0n) is 12.4. The molecule has 0 saturated heterocycles. The highest BCUT2D eigenvalue weighted by Crippen LogP contribution is 2.27. The Bertz CT molecular complexity index is 555. The summed E-state index contributed by atoms with van der Waals surface area (Å²) in [6.07, 6.45) is 0.929. The predicted octanol–water partition coefficient (Wildman–Crippen LogP) is 4.71. The number of aromatic nitrogens is 1. The number of hydrogen-bond donors (Lipinski definition) is 1. The van der Waals surface area contributed by atoms with Crippen molar-refractivity contribution >= 4 is 27.3 Å². The minimum atomic E-state index is 0.126. The van der Waals surface area contributed by atoms with Gasteiger partial charge in [-0.25, -0.2) is 4.98 Å². The summed E-state index contributed by atoms with van der Waals surface area (Å²) in [5.74, 6) is 0. The van der Waals surface area contributed by atoms with E-state index in [2.05, 4.69) is 71.7 Å². The molecule has 2 aromatic rings. The molecule has 1 N–H and O–H groups in total. The SMILES string of the molecule is CNC(Cc1nc(C(C)(C)C)cs1)c1ccc(Br)cc1. The quantitative estimate of drug-likeness (QED) is 0.861. The fraction of sp³-hybridized carbons (Fsp3) is 0.438. The fourth-order valence-corrected chi connectivity index (χ4v) is 3.34. The van der Waals surface area contributed by atoms with Crippen LogP contribution in [0.3, 0.4) is 0 Å². The van der Waals surface area contributed by atoms with Gasteiger partial charge in [0.15, 0.2) is 0 Å². The maximum atomic E-state index is 4.78. The Morgan fingerprint density at radius 1 is 1.25 bits per heavy atom. The second kappa shape index (κ2) is 6.37. The molecule has 1 unspecified atom stereocenters. The van der Waals surface area contributed by atoms with E-state index in [4.69, 9.17) is 4.98 Å². The van der Waals surface area contributed by atoms with Gasteiger partial charge in [-0.1, -0.05) is 48.8 Å². The Kier molecular flexibility index (Phi) is 4.99. The first kappa shape index (κ1) is 15.7. The summed E-state index contributed by atoms with van der Waals surface area (Å²) >= 11 is 5.24. The molecule has 0 spiro atoms. The molecule has 2 rings (SSSR count). The third-order valence-corrected chi connectivity index (χ3v) is 4.72. The summed E-state index contributed by atoms with van der Waals surface area (Å²) in [5.41, 5.74) is 2.60. The highest BCUT2D eigenvalue weighted by molar-refractivity contribution is 9.10. The topological polar surface area (TPSA) is 24.9 Å². The molecule has 2 nitrogen and oxygen atoms in total. The second-order valence-corrected chi connectivity index (χ2v) is 7.83. The highest BCUT2D eigenvalue weighted by atomic mass is 79.9. The summed E-state index contributed by atoms with van der Waals surface area (Å²) in [6, 6.07) is 8.79. The van der Waals surface area contributed by atoms with Crippen molar-refractivity contribution in [3.05, 3.63) is 50.4 Å². The fourth-order valence-electron chi connectivity index (χ4n) is 2.01. The van der Waals surface area contributed by atoms with E-state index < -0.39 is 0 Å². The number of rotatable bonds is 4. The Morgan fingerprint density at radius 2 is 1.90 bits per heavy atom. The van der Waals surface area contributed by atoms with Crippen LogP contribution >= 0.6 is 27.3 Å². The molecule has 0 aliphatic heterocycles. The third-order valence-electron chi connectivity index (χ3n) is 3.32. The summed E-state index contributed by atoms with van der Waals surface area (Å²) in [7, 11) is 2.00. The van der Waals surface area contributed by atoms with Gasteiger partial charge in [0.1, 0.15) is 0 Å². The van der Waals surface area contributed by atoms with Crippen molar-refractivity contribution in [3.63, 3.8) is 0 Å². The lowest BCUT2D eigenvalue weighted by molar-refractivity contribution is 0.560. The number of thiazole rings is 1. The molecule has 0 bridgehead atoms. The number of nitrogens with zero attached hydrogens (tertiary/aromatic N) is 1. The molecule has 1 aromatic heterocycles. The Balaban J connectivity index is 2.14. The van der Waals surface area contributed by atoms with Gasteiger partial charge >= 0.3 is 0 Å². The van der Waals surface area contributed by atoms with Crippen LogP contribution in [-0.4, -0.2) is 12.0 Å². The zero-order valence-corrected chi connectivity index (χ0v) is 14.8. The monoisotopic (exact) mass is 352 g/mol. The normalized spacial score (nSPS) is 13.4. The van der Waals surface area contributed by atoms with Gasteiger partial charge in [0.25, 0.3) is 0 Å². The zero-order chi connectivity index (χ0) is 14.8. The lowest BCUT2D eigenvalue weighted by Gasteiger charge is -2.16. The second-order valence-electron chi connectivity index (χ2n) is 5.97. The Hall–Kier alpha value is -0.710. The van der Waals surface area contributed by atoms with E-state index in [-0.39, 0.29) is 5.41 Å². The van der Waals surface area contributed by atoms with Gasteiger partial charge in [0.2, 0.25) is 0 Å². The molecule has 1 atom stereocenters. The van der Waals surface area contributed by atoms with Crippen molar-refractivity contribution in [2.75, 3.05) is 7.05 Å². The van der Waals surface area contributed by atoms with E-state index in [1.807, 2.05) is 7.05 Å². The molecule has 1 heterocycles. The average Bonchev–Trinajstić information content (AvgIpc) is 2.85. The van der Waals surface area contributed by atoms with Crippen LogP contribution in [0.5, 0.6) is 0 Å². The van der Waals surface area contributed by atoms with Crippen molar-refractivity contribution in [2.24, 2.45) is 0 Å². The molecule has 0 amide bonds. The van der Waals surface area contributed by atoms with Crippen LogP contribution in [0.25, 0.3) is 0 Å². The van der Waals surface area contributed by atoms with E-state index in [1.165, 1.54) is 16.3 Å². The van der Waals surface area contributed by atoms with Gasteiger partial charge in [-0.3, -0.25) is 0 Å². The van der Waals surface area contributed by atoms with E-state index in [9.17, 15) is 0 Å². The van der Waals surface area contributed by atoms with Crippen molar-refractivity contribution in [3.8, 4) is 0 Å². The molecule has 108 valence electrons. The average molecular weight is 353 g/mol. The Morgan fingerprint density at radius 3 is 2.40 bits per heavy atom. The molecule has 1 aromatic carbocycles. The van der Waals surface area contributed by atoms with Crippen LogP contribution < -0.4 is 5.32 Å². The molecule has 0 saturated carbocycles. The molecular weight excluding hydrogens is 332 g/mol. The highest BCUT2D eigenvalue weighted by Gasteiger charge is 2.19.